The first-order chi connectivity index (χ1) is 22.2. The Hall–Kier alpha value is -4.82. The summed E-state index contributed by atoms with van der Waals surface area (Å²) < 4.78 is 21.6. The van der Waals surface area contributed by atoms with Crippen LogP contribution < -0.4 is 20.7 Å². The maximum atomic E-state index is 14.9. The smallest absolute Gasteiger partial charge is 0.323 e. The second-order valence-corrected chi connectivity index (χ2v) is 12.5. The number of amides is 4. The zero-order chi connectivity index (χ0) is 32.2. The number of carboxylic acids is 1. The third-order valence-corrected chi connectivity index (χ3v) is 9.16. The second-order valence-electron chi connectivity index (χ2n) is 11.5. The van der Waals surface area contributed by atoms with Crippen LogP contribution in [-0.4, -0.2) is 81.7 Å². The predicted octanol–water partition coefficient (Wildman–Crippen LogP) is 5.26. The third kappa shape index (κ3) is 7.69. The molecule has 1 saturated carbocycles. The summed E-state index contributed by atoms with van der Waals surface area (Å²) in [6.45, 7) is 1.95. The number of piperidine rings is 1. The van der Waals surface area contributed by atoms with E-state index in [4.69, 9.17) is 14.8 Å². The van der Waals surface area contributed by atoms with E-state index in [-0.39, 0.29) is 29.9 Å². The molecular weight excluding hydrogens is 613 g/mol. The average Bonchev–Trinajstić information content (AvgIpc) is 3.75. The number of benzene rings is 1. The van der Waals surface area contributed by atoms with Gasteiger partial charge in [-0.25, -0.2) is 14.0 Å². The summed E-state index contributed by atoms with van der Waals surface area (Å²) in [4.78, 5) is 48.9. The molecule has 0 atom stereocenters. The van der Waals surface area contributed by atoms with Crippen LogP contribution in [0.2, 0.25) is 0 Å². The number of nitrogens with zero attached hydrogens (tertiary/aromatic N) is 4. The van der Waals surface area contributed by atoms with Gasteiger partial charge in [0, 0.05) is 69.0 Å². The van der Waals surface area contributed by atoms with Crippen molar-refractivity contribution in [3.05, 3.63) is 66.2 Å². The van der Waals surface area contributed by atoms with Gasteiger partial charge in [0.1, 0.15) is 12.3 Å². The van der Waals surface area contributed by atoms with E-state index in [2.05, 4.69) is 25.8 Å². The second kappa shape index (κ2) is 13.7. The molecule has 14 heteroatoms. The van der Waals surface area contributed by atoms with Crippen LogP contribution in [0.3, 0.4) is 0 Å². The minimum absolute atomic E-state index is 0.0372. The van der Waals surface area contributed by atoms with E-state index < -0.39 is 18.3 Å². The zero-order valence-corrected chi connectivity index (χ0v) is 26.0. The molecule has 4 N–H and O–H groups in total. The van der Waals surface area contributed by atoms with E-state index in [1.54, 1.807) is 30.3 Å². The Labute approximate surface area is 268 Å². The lowest BCUT2D eigenvalue weighted by molar-refractivity contribution is -0.135. The van der Waals surface area contributed by atoms with Crippen molar-refractivity contribution in [3.63, 3.8) is 0 Å². The minimum atomic E-state index is -1.07. The number of pyridine rings is 2. The first-order valence-electron chi connectivity index (χ1n) is 15.1. The fourth-order valence-corrected chi connectivity index (χ4v) is 6.35. The Balaban J connectivity index is 1.05. The van der Waals surface area contributed by atoms with Gasteiger partial charge < -0.3 is 30.7 Å². The van der Waals surface area contributed by atoms with Crippen molar-refractivity contribution in [2.75, 3.05) is 32.0 Å². The Morgan fingerprint density at radius 1 is 1.07 bits per heavy atom. The number of halogens is 1. The first-order valence-corrected chi connectivity index (χ1v) is 15.9. The SMILES string of the molecule is CN(C(=O)NCC(=O)O)C1CCN(Cc2ccc(-c3cc4nccc(Oc5ccc(NC(=O)NC6CC6)cc5F)c4s3)nc2)CC1. The van der Waals surface area contributed by atoms with Crippen molar-refractivity contribution in [2.24, 2.45) is 0 Å². The largest absolute Gasteiger partial charge is 0.480 e. The molecular formula is C32H34FN7O5S. The summed E-state index contributed by atoms with van der Waals surface area (Å²) in [7, 11) is 1.70. The predicted molar refractivity (Wildman–Crippen MR) is 172 cm³/mol. The summed E-state index contributed by atoms with van der Waals surface area (Å²) in [6.07, 6.45) is 6.99. The number of anilines is 1. The van der Waals surface area contributed by atoms with Gasteiger partial charge in [0.15, 0.2) is 11.6 Å². The molecule has 2 aliphatic rings. The van der Waals surface area contributed by atoms with Crippen LogP contribution in [0.5, 0.6) is 11.5 Å². The molecule has 6 rings (SSSR count). The fraction of sp³-hybridized carbons (Fsp3) is 0.344. The highest BCUT2D eigenvalue weighted by Crippen LogP contribution is 2.39. The number of hydrogen-bond donors (Lipinski definition) is 4. The lowest BCUT2D eigenvalue weighted by Gasteiger charge is -2.36. The maximum absolute atomic E-state index is 14.9. The van der Waals surface area contributed by atoms with Crippen LogP contribution in [0, 0.1) is 5.82 Å². The number of nitrogens with one attached hydrogen (secondary N) is 3. The molecule has 4 amide bonds. The normalized spacial score (nSPS) is 15.3. The number of fused-ring (bicyclic) bond motifs is 1. The van der Waals surface area contributed by atoms with Gasteiger partial charge in [-0.1, -0.05) is 6.07 Å². The van der Waals surface area contributed by atoms with E-state index in [0.29, 0.717) is 17.0 Å². The van der Waals surface area contributed by atoms with Crippen LogP contribution in [-0.2, 0) is 11.3 Å². The number of thiophene rings is 1. The molecule has 0 radical (unpaired) electrons. The summed E-state index contributed by atoms with van der Waals surface area (Å²) >= 11 is 1.46. The lowest BCUT2D eigenvalue weighted by Crippen LogP contribution is -2.49. The molecule has 2 fully saturated rings. The molecule has 4 heterocycles. The summed E-state index contributed by atoms with van der Waals surface area (Å²) in [5.41, 5.74) is 2.91. The van der Waals surface area contributed by atoms with Crippen molar-refractivity contribution in [1.29, 1.82) is 0 Å². The summed E-state index contributed by atoms with van der Waals surface area (Å²) in [6, 6.07) is 11.5. The van der Waals surface area contributed by atoms with E-state index >= 15 is 0 Å². The molecule has 1 aromatic carbocycles. The Kier molecular flexibility index (Phi) is 9.26. The third-order valence-electron chi connectivity index (χ3n) is 8.00. The highest BCUT2D eigenvalue weighted by atomic mass is 32.1. The van der Waals surface area contributed by atoms with Gasteiger partial charge in [-0.15, -0.1) is 11.3 Å². The van der Waals surface area contributed by atoms with Gasteiger partial charge >= 0.3 is 18.0 Å². The number of rotatable bonds is 10. The molecule has 46 heavy (non-hydrogen) atoms. The van der Waals surface area contributed by atoms with Gasteiger partial charge in [0.05, 0.1) is 20.8 Å². The molecule has 12 nitrogen and oxygen atoms in total. The topological polar surface area (TPSA) is 149 Å². The van der Waals surface area contributed by atoms with Crippen LogP contribution in [0.15, 0.2) is 54.9 Å². The Morgan fingerprint density at radius 2 is 1.87 bits per heavy atom. The van der Waals surface area contributed by atoms with Crippen molar-refractivity contribution < 1.29 is 28.6 Å². The van der Waals surface area contributed by atoms with Crippen molar-refractivity contribution in [3.8, 4) is 22.1 Å². The first kappa shape index (κ1) is 31.2. The van der Waals surface area contributed by atoms with Crippen LogP contribution in [0.4, 0.5) is 19.7 Å². The van der Waals surface area contributed by atoms with E-state index in [9.17, 15) is 18.8 Å². The van der Waals surface area contributed by atoms with Gasteiger partial charge in [0.2, 0.25) is 0 Å². The highest BCUT2D eigenvalue weighted by molar-refractivity contribution is 7.22. The number of carbonyl (C=O) groups excluding carboxylic acids is 2. The molecule has 1 saturated heterocycles. The van der Waals surface area contributed by atoms with Gasteiger partial charge in [-0.05, 0) is 55.5 Å². The van der Waals surface area contributed by atoms with Crippen molar-refractivity contribution in [1.82, 2.24) is 30.4 Å². The van der Waals surface area contributed by atoms with Gasteiger partial charge in [-0.2, -0.15) is 0 Å². The number of carbonyl (C=O) groups is 3. The summed E-state index contributed by atoms with van der Waals surface area (Å²) in [5, 5.41) is 16.6. The number of aromatic nitrogens is 2. The molecule has 1 aliphatic heterocycles. The van der Waals surface area contributed by atoms with Crippen LogP contribution >= 0.6 is 11.3 Å². The number of ether oxygens (including phenoxy) is 1. The number of carboxylic acid groups (broad SMARTS) is 1. The number of aliphatic carboxylic acids is 1. The minimum Gasteiger partial charge on any atom is -0.480 e. The lowest BCUT2D eigenvalue weighted by atomic mass is 10.0. The number of urea groups is 2. The molecule has 0 bridgehead atoms. The standard InChI is InChI=1S/C32H34FN7O5S/c1-39(32(44)36-17-29(41)42)22-9-12-40(13-10-22)18-19-2-6-24(35-16-19)28-15-25-30(46-28)27(8-11-34-25)45-26-7-5-21(14-23(26)33)38-31(43)37-20-3-4-20/h2,5-8,11,14-16,20,22H,3-4,9-10,12-13,17-18H2,1H3,(H,36,44)(H,41,42)(H2,37,38,43). The average molecular weight is 648 g/mol. The molecule has 4 aromatic rings. The van der Waals surface area contributed by atoms with Crippen molar-refractivity contribution in [2.45, 2.75) is 44.3 Å². The molecule has 3 aromatic heterocycles. The molecule has 1 aliphatic carbocycles. The molecule has 0 spiro atoms. The van der Waals surface area contributed by atoms with E-state index in [1.807, 2.05) is 24.4 Å². The van der Waals surface area contributed by atoms with Crippen molar-refractivity contribution >= 4 is 45.3 Å². The zero-order valence-electron chi connectivity index (χ0n) is 25.2. The van der Waals surface area contributed by atoms with E-state index in [0.717, 1.165) is 66.2 Å². The van der Waals surface area contributed by atoms with Gasteiger partial charge in [0.25, 0.3) is 0 Å². The fourth-order valence-electron chi connectivity index (χ4n) is 5.31. The van der Waals surface area contributed by atoms with Gasteiger partial charge in [-0.3, -0.25) is 19.7 Å². The number of hydrogen-bond acceptors (Lipinski definition) is 8. The highest BCUT2D eigenvalue weighted by Gasteiger charge is 2.26. The Bertz CT molecular complexity index is 1740. The maximum Gasteiger partial charge on any atom is 0.323 e. The Morgan fingerprint density at radius 3 is 2.57 bits per heavy atom. The van der Waals surface area contributed by atoms with E-state index in [1.165, 1.54) is 23.5 Å². The molecule has 0 unspecified atom stereocenters. The van der Waals surface area contributed by atoms with Crippen LogP contribution in [0.1, 0.15) is 31.2 Å². The summed E-state index contributed by atoms with van der Waals surface area (Å²) in [5.74, 6) is -1.16. The number of likely N-dealkylation sites (tertiary alicyclic amines) is 1. The quantitative estimate of drug-likeness (QED) is 0.182. The van der Waals surface area contributed by atoms with Crippen LogP contribution in [0.25, 0.3) is 20.8 Å². The monoisotopic (exact) mass is 647 g/mol. The molecule has 240 valence electrons.